The van der Waals surface area contributed by atoms with E-state index in [9.17, 15) is 14.3 Å². The van der Waals surface area contributed by atoms with Crippen LogP contribution in [0, 0.1) is 5.82 Å². The molecule has 0 aliphatic rings. The fraction of sp³-hybridized carbons (Fsp3) is 0.250. The lowest BCUT2D eigenvalue weighted by atomic mass is 9.97. The Kier molecular flexibility index (Phi) is 5.88. The van der Waals surface area contributed by atoms with Gasteiger partial charge in [-0.25, -0.2) is 4.39 Å². The average molecular weight is 348 g/mol. The lowest BCUT2D eigenvalue weighted by molar-refractivity contribution is 0.103. The van der Waals surface area contributed by atoms with Crippen LogP contribution in [0.4, 0.5) is 4.39 Å². The second-order valence-corrected chi connectivity index (χ2v) is 5.48. The van der Waals surface area contributed by atoms with Crippen LogP contribution in [0.25, 0.3) is 11.3 Å². The molecule has 0 bridgehead atoms. The zero-order valence-corrected chi connectivity index (χ0v) is 14.0. The number of allylic oxidation sites excluding steroid dienone is 1. The summed E-state index contributed by atoms with van der Waals surface area (Å²) < 4.78 is 21.7. The highest BCUT2D eigenvalue weighted by molar-refractivity contribution is 6.99. The molecule has 126 valence electrons. The fourth-order valence-electron chi connectivity index (χ4n) is 2.11. The molecule has 1 atom stereocenters. The predicted molar refractivity (Wildman–Crippen MR) is 91.6 cm³/mol. The molecule has 2 aromatic rings. The molecule has 8 heteroatoms. The van der Waals surface area contributed by atoms with Gasteiger partial charge in [0.15, 0.2) is 5.69 Å². The topological polar surface area (TPSA) is 101 Å². The third-order valence-electron chi connectivity index (χ3n) is 3.28. The van der Waals surface area contributed by atoms with Crippen LogP contribution in [0.5, 0.6) is 0 Å². The van der Waals surface area contributed by atoms with Crippen LogP contribution in [-0.4, -0.2) is 32.4 Å². The molecule has 0 saturated heterocycles. The maximum atomic E-state index is 13.5. The van der Waals surface area contributed by atoms with E-state index < -0.39 is 17.7 Å². The van der Waals surface area contributed by atoms with Crippen molar-refractivity contribution in [2.45, 2.75) is 20.0 Å². The number of ketones is 1. The molecule has 0 fully saturated rings. The zero-order valence-electron chi connectivity index (χ0n) is 13.2. The second kappa shape index (κ2) is 7.89. The van der Waals surface area contributed by atoms with E-state index in [2.05, 4.69) is 13.7 Å². The number of nitrogens with two attached hydrogens (primary N) is 1. The molecule has 1 aromatic heterocycles. The molecular weight excluding hydrogens is 331 g/mol. The molecule has 2 rings (SSSR count). The molecule has 0 saturated carbocycles. The first kappa shape index (κ1) is 17.9. The van der Waals surface area contributed by atoms with Gasteiger partial charge in [-0.15, -0.1) is 0 Å². The molecule has 0 aliphatic heterocycles. The molecule has 0 unspecified atom stereocenters. The van der Waals surface area contributed by atoms with Crippen molar-refractivity contribution in [2.75, 3.05) is 6.54 Å². The van der Waals surface area contributed by atoms with Gasteiger partial charge in [-0.2, -0.15) is 8.75 Å². The molecule has 6 nitrogen and oxygen atoms in total. The van der Waals surface area contributed by atoms with Gasteiger partial charge in [-0.1, -0.05) is 0 Å². The summed E-state index contributed by atoms with van der Waals surface area (Å²) in [6, 6.07) is 3.93. The van der Waals surface area contributed by atoms with Gasteiger partial charge in [0, 0.05) is 24.5 Å². The van der Waals surface area contributed by atoms with Gasteiger partial charge in [-0.05, 0) is 37.6 Å². The fourth-order valence-corrected chi connectivity index (χ4v) is 2.67. The van der Waals surface area contributed by atoms with Crippen molar-refractivity contribution in [2.24, 2.45) is 10.7 Å². The van der Waals surface area contributed by atoms with Crippen LogP contribution in [0.1, 0.15) is 36.0 Å². The van der Waals surface area contributed by atoms with Crippen molar-refractivity contribution < 1.29 is 14.3 Å². The highest BCUT2D eigenvalue weighted by atomic mass is 32.1. The highest BCUT2D eigenvalue weighted by Crippen LogP contribution is 2.31. The summed E-state index contributed by atoms with van der Waals surface area (Å²) >= 11 is 0.857. The number of aliphatic imine (C=N–C) groups is 1. The summed E-state index contributed by atoms with van der Waals surface area (Å²) in [5, 5.41) is 9.88. The van der Waals surface area contributed by atoms with Crippen LogP contribution in [0.2, 0.25) is 0 Å². The summed E-state index contributed by atoms with van der Waals surface area (Å²) in [6.07, 6.45) is 1.61. The number of aliphatic hydroxyl groups is 1. The third-order valence-corrected chi connectivity index (χ3v) is 3.81. The van der Waals surface area contributed by atoms with Crippen LogP contribution in [0.15, 0.2) is 35.0 Å². The molecule has 0 radical (unpaired) electrons. The largest absolute Gasteiger partial charge is 0.404 e. The van der Waals surface area contributed by atoms with Gasteiger partial charge in [0.2, 0.25) is 5.78 Å². The zero-order chi connectivity index (χ0) is 17.7. The predicted octanol–water partition coefficient (Wildman–Crippen LogP) is 2.51. The standard InChI is InChI=1S/C16H17FN4O2S/c1-3-19-8-10(7-18)16(23)15-14(20-24-21-15)12-5-4-11(17)6-13(12)9(2)22/h4-9,22H,3,18H2,1-2H3/t9-/m1/s1. The van der Waals surface area contributed by atoms with Crippen LogP contribution in [-0.2, 0) is 0 Å². The van der Waals surface area contributed by atoms with E-state index >= 15 is 0 Å². The first-order valence-corrected chi connectivity index (χ1v) is 7.99. The van der Waals surface area contributed by atoms with Crippen molar-refractivity contribution in [3.8, 4) is 11.3 Å². The van der Waals surface area contributed by atoms with Crippen molar-refractivity contribution in [3.63, 3.8) is 0 Å². The van der Waals surface area contributed by atoms with Gasteiger partial charge >= 0.3 is 0 Å². The molecule has 3 N–H and O–H groups in total. The highest BCUT2D eigenvalue weighted by Gasteiger charge is 2.23. The monoisotopic (exact) mass is 348 g/mol. The minimum absolute atomic E-state index is 0.0905. The van der Waals surface area contributed by atoms with E-state index in [1.807, 2.05) is 6.92 Å². The summed E-state index contributed by atoms with van der Waals surface area (Å²) in [5.41, 5.74) is 6.84. The van der Waals surface area contributed by atoms with E-state index in [0.29, 0.717) is 17.7 Å². The first-order chi connectivity index (χ1) is 11.5. The number of rotatable bonds is 6. The lowest BCUT2D eigenvalue weighted by Crippen LogP contribution is -2.10. The second-order valence-electron chi connectivity index (χ2n) is 4.95. The Hall–Kier alpha value is -2.45. The Bertz CT molecular complexity index is 799. The minimum Gasteiger partial charge on any atom is -0.404 e. The van der Waals surface area contributed by atoms with Crippen LogP contribution >= 0.6 is 11.7 Å². The summed E-state index contributed by atoms with van der Waals surface area (Å²) in [6.45, 7) is 3.86. The Balaban J connectivity index is 2.52. The minimum atomic E-state index is -0.925. The van der Waals surface area contributed by atoms with Crippen molar-refractivity contribution >= 4 is 23.7 Å². The normalized spacial score (nSPS) is 13.4. The van der Waals surface area contributed by atoms with Gasteiger partial charge < -0.3 is 10.8 Å². The summed E-state index contributed by atoms with van der Waals surface area (Å²) in [7, 11) is 0. The number of carbonyl (C=O) groups excluding carboxylic acids is 1. The van der Waals surface area contributed by atoms with Crippen molar-refractivity contribution in [1.82, 2.24) is 8.75 Å². The average Bonchev–Trinajstić information content (AvgIpc) is 3.04. The smallest absolute Gasteiger partial charge is 0.217 e. The van der Waals surface area contributed by atoms with Gasteiger partial charge in [0.05, 0.1) is 23.4 Å². The number of hydrogen-bond acceptors (Lipinski definition) is 7. The number of aliphatic hydroxyl groups excluding tert-OH is 1. The summed E-state index contributed by atoms with van der Waals surface area (Å²) in [4.78, 5) is 16.6. The number of halogens is 1. The molecule has 24 heavy (non-hydrogen) atoms. The quantitative estimate of drug-likeness (QED) is 0.474. The SMILES string of the molecule is CCN=CC(=CN)C(=O)c1nsnc1-c1ccc(F)cc1[C@@H](C)O. The van der Waals surface area contributed by atoms with E-state index in [1.54, 1.807) is 0 Å². The number of hydrogen-bond donors (Lipinski definition) is 2. The third kappa shape index (κ3) is 3.72. The maximum Gasteiger partial charge on any atom is 0.217 e. The van der Waals surface area contributed by atoms with E-state index in [0.717, 1.165) is 17.9 Å². The Morgan fingerprint density at radius 1 is 1.50 bits per heavy atom. The molecule has 0 aliphatic carbocycles. The van der Waals surface area contributed by atoms with Crippen molar-refractivity contribution in [1.29, 1.82) is 0 Å². The van der Waals surface area contributed by atoms with Gasteiger partial charge in [0.25, 0.3) is 0 Å². The van der Waals surface area contributed by atoms with E-state index in [4.69, 9.17) is 5.73 Å². The van der Waals surface area contributed by atoms with Crippen LogP contribution in [0.3, 0.4) is 0 Å². The van der Waals surface area contributed by atoms with Gasteiger partial charge in [0.1, 0.15) is 11.5 Å². The lowest BCUT2D eigenvalue weighted by Gasteiger charge is -2.11. The Morgan fingerprint density at radius 2 is 2.25 bits per heavy atom. The Labute approximate surface area is 142 Å². The molecular formula is C16H17FN4O2S. The number of carbonyl (C=O) groups is 1. The van der Waals surface area contributed by atoms with E-state index in [1.165, 1.54) is 31.3 Å². The van der Waals surface area contributed by atoms with Crippen molar-refractivity contribution in [3.05, 3.63) is 47.0 Å². The number of aromatic nitrogens is 2. The maximum absolute atomic E-state index is 13.5. The molecule has 1 heterocycles. The number of benzene rings is 1. The summed E-state index contributed by atoms with van der Waals surface area (Å²) in [5.74, 6) is -0.914. The molecule has 1 aromatic carbocycles. The number of Topliss-reactive ketones (excluding diaryl/α,β-unsaturated/α-hetero) is 1. The van der Waals surface area contributed by atoms with Crippen LogP contribution < -0.4 is 5.73 Å². The number of nitrogens with zero attached hydrogens (tertiary/aromatic N) is 3. The first-order valence-electron chi connectivity index (χ1n) is 7.26. The molecule has 0 amide bonds. The van der Waals surface area contributed by atoms with Gasteiger partial charge in [-0.3, -0.25) is 9.79 Å². The molecule has 0 spiro atoms. The Morgan fingerprint density at radius 3 is 2.88 bits per heavy atom. The van der Waals surface area contributed by atoms with E-state index in [-0.39, 0.29) is 17.0 Å².